The number of nitrogens with one attached hydrogen (secondary N) is 1. The van der Waals surface area contributed by atoms with E-state index in [9.17, 15) is 4.39 Å². The number of nitrogens with zero attached hydrogens (tertiary/aromatic N) is 3. The topological polar surface area (TPSA) is 70.8 Å². The molecule has 2 aromatic rings. The monoisotopic (exact) mass is 258 g/mol. The van der Waals surface area contributed by atoms with Gasteiger partial charge in [0.1, 0.15) is 5.75 Å². The van der Waals surface area contributed by atoms with Crippen LogP contribution in [0.1, 0.15) is 12.5 Å². The van der Waals surface area contributed by atoms with Crippen LogP contribution in [0.15, 0.2) is 30.5 Å². The van der Waals surface area contributed by atoms with Gasteiger partial charge < -0.3 is 10.1 Å². The first kappa shape index (κ1) is 12.8. The molecule has 1 aromatic carbocycles. The number of ether oxygens (including phenoxy) is 1. The molecule has 0 fully saturated rings. The van der Waals surface area contributed by atoms with Crippen molar-refractivity contribution < 1.29 is 9.13 Å². The van der Waals surface area contributed by atoms with Gasteiger partial charge in [0.05, 0.1) is 17.8 Å². The Kier molecular flexibility index (Phi) is 3.88. The highest BCUT2D eigenvalue weighted by Gasteiger charge is 2.09. The van der Waals surface area contributed by atoms with E-state index in [1.165, 1.54) is 0 Å². The van der Waals surface area contributed by atoms with E-state index in [-0.39, 0.29) is 5.88 Å². The minimum Gasteiger partial charge on any atom is -0.436 e. The zero-order valence-electron chi connectivity index (χ0n) is 10.2. The lowest BCUT2D eigenvalue weighted by atomic mass is 10.2. The molecule has 0 bridgehead atoms. The summed E-state index contributed by atoms with van der Waals surface area (Å²) in [6.45, 7) is 2.51. The molecule has 0 atom stereocenters. The van der Waals surface area contributed by atoms with Crippen molar-refractivity contribution in [3.63, 3.8) is 0 Å². The van der Waals surface area contributed by atoms with Gasteiger partial charge in [-0.1, -0.05) is 0 Å². The first-order valence-corrected chi connectivity index (χ1v) is 5.67. The second-order valence-electron chi connectivity index (χ2n) is 3.62. The summed E-state index contributed by atoms with van der Waals surface area (Å²) in [5, 5.41) is 11.5. The molecule has 96 valence electrons. The molecule has 2 rings (SSSR count). The van der Waals surface area contributed by atoms with Crippen molar-refractivity contribution in [1.82, 2.24) is 9.97 Å². The summed E-state index contributed by atoms with van der Waals surface area (Å²) in [7, 11) is 0. The SMILES string of the molecule is CCNc1ncc(F)c(Oc2ccc(C#N)cc2)n1. The maximum Gasteiger partial charge on any atom is 0.260 e. The Hall–Kier alpha value is -2.68. The maximum atomic E-state index is 13.5. The Morgan fingerprint density at radius 2 is 2.11 bits per heavy atom. The molecule has 1 aromatic heterocycles. The third kappa shape index (κ3) is 3.16. The van der Waals surface area contributed by atoms with Crippen LogP contribution in [0.25, 0.3) is 0 Å². The Morgan fingerprint density at radius 1 is 1.37 bits per heavy atom. The molecule has 0 saturated carbocycles. The van der Waals surface area contributed by atoms with Gasteiger partial charge in [-0.15, -0.1) is 0 Å². The Balaban J connectivity index is 2.21. The average Bonchev–Trinajstić information content (AvgIpc) is 2.44. The van der Waals surface area contributed by atoms with Crippen molar-refractivity contribution in [2.45, 2.75) is 6.92 Å². The van der Waals surface area contributed by atoms with Crippen molar-refractivity contribution >= 4 is 5.95 Å². The Bertz CT molecular complexity index is 607. The van der Waals surface area contributed by atoms with Gasteiger partial charge >= 0.3 is 0 Å². The fourth-order valence-corrected chi connectivity index (χ4v) is 1.38. The van der Waals surface area contributed by atoms with Crippen LogP contribution in [0.5, 0.6) is 11.6 Å². The number of anilines is 1. The molecule has 0 saturated heterocycles. The molecule has 0 unspecified atom stereocenters. The summed E-state index contributed by atoms with van der Waals surface area (Å²) in [6.07, 6.45) is 1.05. The predicted molar refractivity (Wildman–Crippen MR) is 67.4 cm³/mol. The molecule has 6 heteroatoms. The summed E-state index contributed by atoms with van der Waals surface area (Å²) >= 11 is 0. The summed E-state index contributed by atoms with van der Waals surface area (Å²) in [5.41, 5.74) is 0.504. The van der Waals surface area contributed by atoms with E-state index in [2.05, 4.69) is 15.3 Å². The van der Waals surface area contributed by atoms with Crippen LogP contribution in [0.2, 0.25) is 0 Å². The first-order valence-electron chi connectivity index (χ1n) is 5.67. The van der Waals surface area contributed by atoms with Gasteiger partial charge in [-0.2, -0.15) is 14.6 Å². The molecule has 19 heavy (non-hydrogen) atoms. The fraction of sp³-hybridized carbons (Fsp3) is 0.154. The predicted octanol–water partition coefficient (Wildman–Crippen LogP) is 2.71. The zero-order valence-corrected chi connectivity index (χ0v) is 10.2. The van der Waals surface area contributed by atoms with Crippen LogP contribution in [-0.4, -0.2) is 16.5 Å². The Labute approximate surface area is 109 Å². The second kappa shape index (κ2) is 5.78. The lowest BCUT2D eigenvalue weighted by molar-refractivity contribution is 0.420. The van der Waals surface area contributed by atoms with Gasteiger partial charge in [0.15, 0.2) is 0 Å². The highest BCUT2D eigenvalue weighted by Crippen LogP contribution is 2.23. The van der Waals surface area contributed by atoms with Gasteiger partial charge in [0.2, 0.25) is 11.8 Å². The molecule has 0 aliphatic carbocycles. The van der Waals surface area contributed by atoms with E-state index >= 15 is 0 Å². The number of aromatic nitrogens is 2. The molecule has 5 nitrogen and oxygen atoms in total. The number of benzene rings is 1. The van der Waals surface area contributed by atoms with Crippen molar-refractivity contribution in [2.24, 2.45) is 0 Å². The fourth-order valence-electron chi connectivity index (χ4n) is 1.38. The summed E-state index contributed by atoms with van der Waals surface area (Å²) in [6, 6.07) is 8.31. The molecule has 0 aliphatic rings. The number of halogens is 1. The van der Waals surface area contributed by atoms with Gasteiger partial charge in [0.25, 0.3) is 5.88 Å². The number of hydrogen-bond acceptors (Lipinski definition) is 5. The number of nitriles is 1. The molecular weight excluding hydrogens is 247 g/mol. The van der Waals surface area contributed by atoms with E-state index in [0.29, 0.717) is 23.8 Å². The third-order valence-corrected chi connectivity index (χ3v) is 2.24. The standard InChI is InChI=1S/C13H11FN4O/c1-2-16-13-17-8-11(14)12(18-13)19-10-5-3-9(7-15)4-6-10/h3-6,8H,2H2,1H3,(H,16,17,18). The number of rotatable bonds is 4. The van der Waals surface area contributed by atoms with Crippen LogP contribution < -0.4 is 10.1 Å². The van der Waals surface area contributed by atoms with Crippen LogP contribution in [0, 0.1) is 17.1 Å². The van der Waals surface area contributed by atoms with Gasteiger partial charge in [-0.05, 0) is 31.2 Å². The molecule has 0 amide bonds. The van der Waals surface area contributed by atoms with Crippen molar-refractivity contribution in [2.75, 3.05) is 11.9 Å². The quantitative estimate of drug-likeness (QED) is 0.912. The van der Waals surface area contributed by atoms with E-state index in [4.69, 9.17) is 10.00 Å². The van der Waals surface area contributed by atoms with E-state index in [1.807, 2.05) is 13.0 Å². The minimum absolute atomic E-state index is 0.157. The highest BCUT2D eigenvalue weighted by atomic mass is 19.1. The molecule has 0 spiro atoms. The van der Waals surface area contributed by atoms with Gasteiger partial charge in [-0.3, -0.25) is 0 Å². The summed E-state index contributed by atoms with van der Waals surface area (Å²) in [4.78, 5) is 7.69. The van der Waals surface area contributed by atoms with E-state index < -0.39 is 5.82 Å². The van der Waals surface area contributed by atoms with E-state index in [0.717, 1.165) is 6.20 Å². The Morgan fingerprint density at radius 3 is 2.74 bits per heavy atom. The lowest BCUT2D eigenvalue weighted by Gasteiger charge is -2.07. The number of hydrogen-bond donors (Lipinski definition) is 1. The molecular formula is C13H11FN4O. The van der Waals surface area contributed by atoms with Crippen molar-refractivity contribution in [3.8, 4) is 17.7 Å². The molecule has 1 N–H and O–H groups in total. The van der Waals surface area contributed by atoms with Crippen LogP contribution >= 0.6 is 0 Å². The smallest absolute Gasteiger partial charge is 0.260 e. The van der Waals surface area contributed by atoms with Crippen LogP contribution in [-0.2, 0) is 0 Å². The zero-order chi connectivity index (χ0) is 13.7. The van der Waals surface area contributed by atoms with Crippen LogP contribution in [0.3, 0.4) is 0 Å². The van der Waals surface area contributed by atoms with Crippen LogP contribution in [0.4, 0.5) is 10.3 Å². The molecule has 1 heterocycles. The van der Waals surface area contributed by atoms with Gasteiger partial charge in [-0.25, -0.2) is 4.98 Å². The van der Waals surface area contributed by atoms with E-state index in [1.54, 1.807) is 24.3 Å². The highest BCUT2D eigenvalue weighted by molar-refractivity contribution is 5.37. The van der Waals surface area contributed by atoms with Crippen molar-refractivity contribution in [1.29, 1.82) is 5.26 Å². The largest absolute Gasteiger partial charge is 0.436 e. The third-order valence-electron chi connectivity index (χ3n) is 2.24. The summed E-state index contributed by atoms with van der Waals surface area (Å²) in [5.74, 6) is -0.103. The lowest BCUT2D eigenvalue weighted by Crippen LogP contribution is -2.04. The summed E-state index contributed by atoms with van der Waals surface area (Å²) < 4.78 is 18.8. The normalized spacial score (nSPS) is 9.74. The second-order valence-corrected chi connectivity index (χ2v) is 3.62. The average molecular weight is 258 g/mol. The molecule has 0 aliphatic heterocycles. The van der Waals surface area contributed by atoms with Gasteiger partial charge in [0, 0.05) is 6.54 Å². The molecule has 0 radical (unpaired) electrons. The minimum atomic E-state index is -0.647. The maximum absolute atomic E-state index is 13.5. The first-order chi connectivity index (χ1) is 9.22. The van der Waals surface area contributed by atoms with Crippen molar-refractivity contribution in [3.05, 3.63) is 41.8 Å².